The number of hydrogen-bond donors (Lipinski definition) is 1. The molecule has 4 saturated carbocycles. The molecule has 36 heavy (non-hydrogen) atoms. The summed E-state index contributed by atoms with van der Waals surface area (Å²) in [5, 5.41) is 9.11. The number of thiocarbonyl (C=S) groups is 1. The molecule has 0 unspecified atom stereocenters. The largest absolute Gasteiger partial charge is 0.357 e. The Labute approximate surface area is 217 Å². The van der Waals surface area contributed by atoms with Crippen LogP contribution in [-0.4, -0.2) is 48.3 Å². The van der Waals surface area contributed by atoms with E-state index in [0.717, 1.165) is 60.2 Å². The topological polar surface area (TPSA) is 72.0 Å². The lowest BCUT2D eigenvalue weighted by atomic mass is 9.53. The van der Waals surface area contributed by atoms with Gasteiger partial charge < -0.3 is 19.3 Å². The molecular weight excluding hydrogens is 468 g/mol. The lowest BCUT2D eigenvalue weighted by molar-refractivity contribution is -0.0113. The molecule has 0 amide bonds. The van der Waals surface area contributed by atoms with Gasteiger partial charge in [-0.1, -0.05) is 23.4 Å². The number of rotatable bonds is 5. The van der Waals surface area contributed by atoms with E-state index in [-0.39, 0.29) is 5.54 Å². The lowest BCUT2D eigenvalue weighted by Crippen LogP contribution is -2.62. The van der Waals surface area contributed by atoms with Crippen molar-refractivity contribution in [1.82, 2.24) is 29.9 Å². The first-order chi connectivity index (χ1) is 17.6. The van der Waals surface area contributed by atoms with E-state index in [9.17, 15) is 0 Å². The molecule has 4 aliphatic carbocycles. The van der Waals surface area contributed by atoms with Crippen molar-refractivity contribution in [1.29, 1.82) is 0 Å². The second kappa shape index (κ2) is 8.98. The van der Waals surface area contributed by atoms with Crippen molar-refractivity contribution in [2.24, 2.45) is 17.8 Å². The average molecular weight is 503 g/mol. The fourth-order valence-electron chi connectivity index (χ4n) is 7.89. The molecule has 8 rings (SSSR count). The summed E-state index contributed by atoms with van der Waals surface area (Å²) >= 11 is 5.97. The molecule has 5 fully saturated rings. The molecule has 2 aromatic heterocycles. The quantitative estimate of drug-likeness (QED) is 0.492. The van der Waals surface area contributed by atoms with Crippen molar-refractivity contribution in [3.8, 4) is 11.5 Å². The highest BCUT2D eigenvalue weighted by molar-refractivity contribution is 7.80. The molecule has 3 heterocycles. The Morgan fingerprint density at radius 1 is 1.03 bits per heavy atom. The first kappa shape index (κ1) is 22.5. The van der Waals surface area contributed by atoms with E-state index in [1.165, 1.54) is 38.5 Å². The molecule has 1 saturated heterocycles. The summed E-state index contributed by atoms with van der Waals surface area (Å²) < 4.78 is 7.67. The first-order valence-corrected chi connectivity index (χ1v) is 14.0. The van der Waals surface area contributed by atoms with Crippen LogP contribution in [0.4, 0.5) is 0 Å². The van der Waals surface area contributed by atoms with Gasteiger partial charge in [-0.3, -0.25) is 0 Å². The van der Waals surface area contributed by atoms with Crippen molar-refractivity contribution in [3.63, 3.8) is 0 Å². The number of hydrogen-bond acceptors (Lipinski definition) is 5. The Morgan fingerprint density at radius 3 is 2.42 bits per heavy atom. The van der Waals surface area contributed by atoms with Crippen molar-refractivity contribution >= 4 is 17.3 Å². The zero-order chi connectivity index (χ0) is 24.1. The molecule has 7 nitrogen and oxygen atoms in total. The van der Waals surface area contributed by atoms with Crippen LogP contribution in [0.25, 0.3) is 11.5 Å². The lowest BCUT2D eigenvalue weighted by Gasteiger charge is -2.57. The summed E-state index contributed by atoms with van der Waals surface area (Å²) in [5.41, 5.74) is 1.22. The monoisotopic (exact) mass is 502 g/mol. The average Bonchev–Trinajstić information content (AvgIpc) is 3.54. The Hall–Kier alpha value is -2.74. The van der Waals surface area contributed by atoms with Crippen molar-refractivity contribution in [3.05, 3.63) is 54.4 Å². The summed E-state index contributed by atoms with van der Waals surface area (Å²) in [6, 6.07) is 9.90. The Morgan fingerprint density at radius 2 is 1.72 bits per heavy atom. The number of piperidine rings is 1. The minimum Gasteiger partial charge on any atom is -0.357 e. The van der Waals surface area contributed by atoms with E-state index in [1.54, 1.807) is 0 Å². The molecule has 4 bridgehead atoms. The van der Waals surface area contributed by atoms with E-state index in [1.807, 2.05) is 42.7 Å². The molecule has 1 N–H and O–H groups in total. The standard InChI is InChI=1S/C28H34N6OS/c36-27(31-28-15-19-12-20(16-28)14-21(13-19)17-28)33-9-6-22(7-10-33)25-29-8-11-34(25)18-24-30-26(35-32-24)23-4-2-1-3-5-23/h1-5,8,11,19-22H,6-7,9-10,12-18H2,(H,31,36). The highest BCUT2D eigenvalue weighted by Gasteiger charge is 2.51. The number of benzene rings is 1. The zero-order valence-electron chi connectivity index (χ0n) is 20.7. The number of nitrogens with one attached hydrogen (secondary N) is 1. The maximum absolute atomic E-state index is 5.97. The summed E-state index contributed by atoms with van der Waals surface area (Å²) in [6.45, 7) is 2.53. The molecule has 8 heteroatoms. The van der Waals surface area contributed by atoms with Gasteiger partial charge in [0.25, 0.3) is 5.89 Å². The predicted octanol–water partition coefficient (Wildman–Crippen LogP) is 5.00. The number of imidazole rings is 1. The second-order valence-corrected chi connectivity index (χ2v) is 12.1. The number of aromatic nitrogens is 4. The van der Waals surface area contributed by atoms with Gasteiger partial charge in [0.1, 0.15) is 5.82 Å². The van der Waals surface area contributed by atoms with Gasteiger partial charge >= 0.3 is 0 Å². The zero-order valence-corrected chi connectivity index (χ0v) is 21.5. The van der Waals surface area contributed by atoms with Crippen LogP contribution in [0, 0.1) is 17.8 Å². The molecule has 0 spiro atoms. The van der Waals surface area contributed by atoms with Crippen LogP contribution in [0.2, 0.25) is 0 Å². The first-order valence-electron chi connectivity index (χ1n) is 13.6. The van der Waals surface area contributed by atoms with E-state index < -0.39 is 0 Å². The number of nitrogens with zero attached hydrogens (tertiary/aromatic N) is 5. The van der Waals surface area contributed by atoms with Crippen molar-refractivity contribution in [2.45, 2.75) is 69.4 Å². The van der Waals surface area contributed by atoms with Crippen molar-refractivity contribution in [2.75, 3.05) is 13.1 Å². The molecular formula is C28H34N6OS. The van der Waals surface area contributed by atoms with Crippen LogP contribution < -0.4 is 5.32 Å². The smallest absolute Gasteiger partial charge is 0.257 e. The van der Waals surface area contributed by atoms with E-state index in [4.69, 9.17) is 21.7 Å². The molecule has 1 aromatic carbocycles. The van der Waals surface area contributed by atoms with Gasteiger partial charge in [0.2, 0.25) is 0 Å². The third-order valence-corrected chi connectivity index (χ3v) is 9.47. The van der Waals surface area contributed by atoms with Crippen LogP contribution >= 0.6 is 12.2 Å². The highest BCUT2D eigenvalue weighted by atomic mass is 32.1. The SMILES string of the molecule is S=C(NC12CC3CC(CC(C3)C1)C2)N1CCC(c2nccn2Cc2noc(-c3ccccc3)n2)CC1. The maximum atomic E-state index is 5.97. The van der Waals surface area contributed by atoms with Crippen LogP contribution in [0.1, 0.15) is 68.9 Å². The third-order valence-electron chi connectivity index (χ3n) is 9.11. The molecule has 0 radical (unpaired) electrons. The summed E-state index contributed by atoms with van der Waals surface area (Å²) in [5.74, 6) is 5.55. The van der Waals surface area contributed by atoms with Gasteiger partial charge in [-0.05, 0) is 93.5 Å². The van der Waals surface area contributed by atoms with Gasteiger partial charge in [-0.25, -0.2) is 4.98 Å². The van der Waals surface area contributed by atoms with Crippen LogP contribution in [-0.2, 0) is 6.54 Å². The normalized spacial score (nSPS) is 29.6. The summed E-state index contributed by atoms with van der Waals surface area (Å²) in [7, 11) is 0. The third kappa shape index (κ3) is 4.23. The molecule has 3 aromatic rings. The fraction of sp³-hybridized carbons (Fsp3) is 0.571. The van der Waals surface area contributed by atoms with Crippen LogP contribution in [0.5, 0.6) is 0 Å². The maximum Gasteiger partial charge on any atom is 0.257 e. The fourth-order valence-corrected chi connectivity index (χ4v) is 8.29. The molecule has 1 aliphatic heterocycles. The van der Waals surface area contributed by atoms with Gasteiger partial charge in [0.15, 0.2) is 10.9 Å². The molecule has 5 aliphatic rings. The number of likely N-dealkylation sites (tertiary alicyclic amines) is 1. The Kier molecular flexibility index (Phi) is 5.60. The summed E-state index contributed by atoms with van der Waals surface area (Å²) in [4.78, 5) is 11.7. The van der Waals surface area contributed by atoms with Gasteiger partial charge in [0.05, 0.1) is 6.54 Å². The van der Waals surface area contributed by atoms with E-state index in [2.05, 4.69) is 24.9 Å². The minimum atomic E-state index is 0.280. The van der Waals surface area contributed by atoms with Gasteiger partial charge in [-0.2, -0.15) is 4.98 Å². The highest BCUT2D eigenvalue weighted by Crippen LogP contribution is 2.55. The summed E-state index contributed by atoms with van der Waals surface area (Å²) in [6.07, 6.45) is 14.4. The van der Waals surface area contributed by atoms with Gasteiger partial charge in [-0.15, -0.1) is 0 Å². The van der Waals surface area contributed by atoms with Crippen LogP contribution in [0.3, 0.4) is 0 Å². The second-order valence-electron chi connectivity index (χ2n) is 11.7. The van der Waals surface area contributed by atoms with E-state index >= 15 is 0 Å². The van der Waals surface area contributed by atoms with Crippen LogP contribution in [0.15, 0.2) is 47.2 Å². The molecule has 0 atom stereocenters. The Balaban J connectivity index is 0.971. The van der Waals surface area contributed by atoms with E-state index in [0.29, 0.717) is 24.2 Å². The minimum absolute atomic E-state index is 0.280. The van der Waals surface area contributed by atoms with Crippen molar-refractivity contribution < 1.29 is 4.52 Å². The Bertz CT molecular complexity index is 1190. The van der Waals surface area contributed by atoms with Gasteiger partial charge in [0, 0.05) is 42.5 Å². The molecule has 188 valence electrons. The predicted molar refractivity (Wildman–Crippen MR) is 141 cm³/mol.